The van der Waals surface area contributed by atoms with Crippen LogP contribution in [0.3, 0.4) is 0 Å². The Balaban J connectivity index is 2.63. The van der Waals surface area contributed by atoms with Crippen molar-refractivity contribution in [2.24, 2.45) is 0 Å². The third-order valence-corrected chi connectivity index (χ3v) is 4.17. The number of aryl methyl sites for hydroxylation is 1. The van der Waals surface area contributed by atoms with Gasteiger partial charge in [-0.25, -0.2) is 4.79 Å². The van der Waals surface area contributed by atoms with E-state index in [1.165, 1.54) is 18.4 Å². The molecule has 0 atom stereocenters. The molecular formula is C14H17NO3S. The average Bonchev–Trinajstić information content (AvgIpc) is 2.92. The highest BCUT2D eigenvalue weighted by molar-refractivity contribution is 7.18. The van der Waals surface area contributed by atoms with E-state index >= 15 is 0 Å². The fraction of sp³-hybridized carbons (Fsp3) is 0.357. The molecule has 0 spiro atoms. The van der Waals surface area contributed by atoms with Crippen LogP contribution in [0.2, 0.25) is 0 Å². The molecule has 2 N–H and O–H groups in total. The lowest BCUT2D eigenvalue weighted by Gasteiger charge is -2.07. The molecule has 0 saturated carbocycles. The number of ether oxygens (including phenoxy) is 1. The molecule has 19 heavy (non-hydrogen) atoms. The van der Waals surface area contributed by atoms with E-state index in [0.29, 0.717) is 10.6 Å². The smallest absolute Gasteiger partial charge is 0.350 e. The number of nitrogens with two attached hydrogens (primary N) is 1. The standard InChI is InChI=1S/C14H17NO3S/c1-7(2)10-11(15)13(14(16)17-4)19-12(10)9-5-8(3)18-6-9/h5-7H,15H2,1-4H3. The minimum Gasteiger partial charge on any atom is -0.469 e. The molecule has 5 heteroatoms. The van der Waals surface area contributed by atoms with E-state index in [-0.39, 0.29) is 5.92 Å². The van der Waals surface area contributed by atoms with Gasteiger partial charge in [0.15, 0.2) is 0 Å². The molecule has 0 fully saturated rings. The average molecular weight is 279 g/mol. The molecular weight excluding hydrogens is 262 g/mol. The zero-order chi connectivity index (χ0) is 14.2. The minimum absolute atomic E-state index is 0.222. The number of nitrogen functional groups attached to an aromatic ring is 1. The number of hydrogen-bond acceptors (Lipinski definition) is 5. The van der Waals surface area contributed by atoms with Crippen molar-refractivity contribution in [2.45, 2.75) is 26.7 Å². The van der Waals surface area contributed by atoms with Gasteiger partial charge in [0.1, 0.15) is 10.6 Å². The Morgan fingerprint density at radius 3 is 2.63 bits per heavy atom. The Morgan fingerprint density at radius 1 is 1.47 bits per heavy atom. The van der Waals surface area contributed by atoms with Crippen LogP contribution in [0.1, 0.15) is 40.8 Å². The van der Waals surface area contributed by atoms with Crippen LogP contribution in [0, 0.1) is 6.92 Å². The van der Waals surface area contributed by atoms with E-state index in [9.17, 15) is 4.79 Å². The molecule has 0 aromatic carbocycles. The Hall–Kier alpha value is -1.75. The van der Waals surface area contributed by atoms with Crippen molar-refractivity contribution in [2.75, 3.05) is 12.8 Å². The van der Waals surface area contributed by atoms with E-state index in [1.807, 2.05) is 13.0 Å². The molecule has 4 nitrogen and oxygen atoms in total. The van der Waals surface area contributed by atoms with Gasteiger partial charge in [-0.15, -0.1) is 11.3 Å². The summed E-state index contributed by atoms with van der Waals surface area (Å²) < 4.78 is 10.1. The summed E-state index contributed by atoms with van der Waals surface area (Å²) in [6.45, 7) is 5.99. The van der Waals surface area contributed by atoms with Crippen molar-refractivity contribution in [1.29, 1.82) is 0 Å². The monoisotopic (exact) mass is 279 g/mol. The lowest BCUT2D eigenvalue weighted by Crippen LogP contribution is -2.03. The van der Waals surface area contributed by atoms with E-state index in [2.05, 4.69) is 13.8 Å². The maximum Gasteiger partial charge on any atom is 0.350 e. The van der Waals surface area contributed by atoms with Crippen LogP contribution in [-0.2, 0) is 4.74 Å². The van der Waals surface area contributed by atoms with Gasteiger partial charge in [-0.1, -0.05) is 13.8 Å². The first-order valence-electron chi connectivity index (χ1n) is 6.01. The van der Waals surface area contributed by atoms with Gasteiger partial charge in [0.05, 0.1) is 19.1 Å². The van der Waals surface area contributed by atoms with Gasteiger partial charge >= 0.3 is 5.97 Å². The summed E-state index contributed by atoms with van der Waals surface area (Å²) in [5.41, 5.74) is 8.55. The highest BCUT2D eigenvalue weighted by Crippen LogP contribution is 2.43. The summed E-state index contributed by atoms with van der Waals surface area (Å²) in [7, 11) is 1.36. The maximum absolute atomic E-state index is 11.7. The second-order valence-corrected chi connectivity index (χ2v) is 5.70. The number of furan rings is 1. The largest absolute Gasteiger partial charge is 0.469 e. The molecule has 0 bridgehead atoms. The van der Waals surface area contributed by atoms with E-state index in [0.717, 1.165) is 21.8 Å². The Labute approximate surface area is 116 Å². The van der Waals surface area contributed by atoms with Crippen LogP contribution in [0.5, 0.6) is 0 Å². The number of carbonyl (C=O) groups is 1. The first-order chi connectivity index (χ1) is 8.95. The number of hydrogen-bond donors (Lipinski definition) is 1. The number of rotatable bonds is 3. The molecule has 0 aliphatic carbocycles. The minimum atomic E-state index is -0.393. The normalized spacial score (nSPS) is 11.0. The molecule has 0 aliphatic rings. The molecule has 102 valence electrons. The Bertz CT molecular complexity index is 610. The van der Waals surface area contributed by atoms with Gasteiger partial charge in [0.2, 0.25) is 0 Å². The molecule has 0 aliphatic heterocycles. The van der Waals surface area contributed by atoms with Crippen molar-refractivity contribution in [3.8, 4) is 10.4 Å². The zero-order valence-electron chi connectivity index (χ0n) is 11.4. The number of carbonyl (C=O) groups excluding carboxylic acids is 1. The molecule has 2 rings (SSSR count). The SMILES string of the molecule is COC(=O)c1sc(-c2coc(C)c2)c(C(C)C)c1N. The van der Waals surface area contributed by atoms with Gasteiger partial charge < -0.3 is 14.9 Å². The first kappa shape index (κ1) is 13.7. The van der Waals surface area contributed by atoms with E-state index in [1.54, 1.807) is 6.26 Å². The lowest BCUT2D eigenvalue weighted by atomic mass is 9.99. The van der Waals surface area contributed by atoms with Crippen molar-refractivity contribution in [3.05, 3.63) is 28.5 Å². The molecule has 2 aromatic rings. The van der Waals surface area contributed by atoms with Gasteiger partial charge in [0.25, 0.3) is 0 Å². The van der Waals surface area contributed by atoms with Crippen LogP contribution in [-0.4, -0.2) is 13.1 Å². The van der Waals surface area contributed by atoms with Gasteiger partial charge in [-0.05, 0) is 24.5 Å². The molecule has 0 radical (unpaired) electrons. The topological polar surface area (TPSA) is 65.5 Å². The summed E-state index contributed by atoms with van der Waals surface area (Å²) in [4.78, 5) is 13.2. The first-order valence-corrected chi connectivity index (χ1v) is 6.83. The second-order valence-electron chi connectivity index (χ2n) is 4.68. The predicted octanol–water partition coefficient (Wildman–Crippen LogP) is 3.81. The van der Waals surface area contributed by atoms with E-state index in [4.69, 9.17) is 14.9 Å². The Morgan fingerprint density at radius 2 is 2.16 bits per heavy atom. The van der Waals surface area contributed by atoms with Crippen LogP contribution < -0.4 is 5.73 Å². The highest BCUT2D eigenvalue weighted by Gasteiger charge is 2.24. The fourth-order valence-corrected chi connectivity index (χ4v) is 3.32. The van der Waals surface area contributed by atoms with Crippen molar-refractivity contribution in [3.63, 3.8) is 0 Å². The lowest BCUT2D eigenvalue weighted by molar-refractivity contribution is 0.0607. The van der Waals surface area contributed by atoms with Crippen molar-refractivity contribution in [1.82, 2.24) is 0 Å². The number of methoxy groups -OCH3 is 1. The maximum atomic E-state index is 11.7. The summed E-state index contributed by atoms with van der Waals surface area (Å²) >= 11 is 1.35. The van der Waals surface area contributed by atoms with Crippen LogP contribution in [0.15, 0.2) is 16.7 Å². The third kappa shape index (κ3) is 2.38. The number of anilines is 1. The van der Waals surface area contributed by atoms with Gasteiger partial charge in [0, 0.05) is 10.4 Å². The quantitative estimate of drug-likeness (QED) is 0.868. The summed E-state index contributed by atoms with van der Waals surface area (Å²) in [5.74, 6) is 0.659. The van der Waals surface area contributed by atoms with Gasteiger partial charge in [-0.2, -0.15) is 0 Å². The zero-order valence-corrected chi connectivity index (χ0v) is 12.3. The predicted molar refractivity (Wildman–Crippen MR) is 76.6 cm³/mol. The van der Waals surface area contributed by atoms with Crippen molar-refractivity contribution >= 4 is 23.0 Å². The molecule has 0 unspecified atom stereocenters. The van der Waals surface area contributed by atoms with Crippen LogP contribution in [0.4, 0.5) is 5.69 Å². The summed E-state index contributed by atoms with van der Waals surface area (Å²) in [6, 6.07) is 1.94. The summed E-state index contributed by atoms with van der Waals surface area (Å²) in [5, 5.41) is 0. The number of esters is 1. The summed E-state index contributed by atoms with van der Waals surface area (Å²) in [6.07, 6.45) is 1.69. The van der Waals surface area contributed by atoms with E-state index < -0.39 is 5.97 Å². The molecule has 2 aromatic heterocycles. The highest BCUT2D eigenvalue weighted by atomic mass is 32.1. The fourth-order valence-electron chi connectivity index (χ4n) is 2.05. The van der Waals surface area contributed by atoms with Gasteiger partial charge in [-0.3, -0.25) is 0 Å². The molecule has 0 saturated heterocycles. The van der Waals surface area contributed by atoms with Crippen LogP contribution >= 0.6 is 11.3 Å². The Kier molecular flexibility index (Phi) is 3.66. The van der Waals surface area contributed by atoms with Crippen molar-refractivity contribution < 1.29 is 13.9 Å². The second kappa shape index (κ2) is 5.09. The molecule has 0 amide bonds. The third-order valence-electron chi connectivity index (χ3n) is 2.92. The van der Waals surface area contributed by atoms with Crippen LogP contribution in [0.25, 0.3) is 10.4 Å². The molecule has 2 heterocycles. The number of thiophene rings is 1.